The number of carbonyl (C=O) groups is 1. The van der Waals surface area contributed by atoms with Crippen LogP contribution in [0.5, 0.6) is 0 Å². The van der Waals surface area contributed by atoms with Gasteiger partial charge in [-0.25, -0.2) is 4.79 Å². The van der Waals surface area contributed by atoms with Gasteiger partial charge in [0, 0.05) is 19.0 Å². The summed E-state index contributed by atoms with van der Waals surface area (Å²) in [6.07, 6.45) is 1.26. The van der Waals surface area contributed by atoms with E-state index in [1.807, 2.05) is 20.8 Å². The van der Waals surface area contributed by atoms with Crippen molar-refractivity contribution in [1.82, 2.24) is 4.90 Å². The van der Waals surface area contributed by atoms with Crippen LogP contribution in [0.25, 0.3) is 0 Å². The van der Waals surface area contributed by atoms with Gasteiger partial charge >= 0.3 is 6.09 Å². The molecule has 0 aromatic heterocycles. The predicted molar refractivity (Wildman–Crippen MR) is 55.7 cm³/mol. The number of carbonyl (C=O) groups excluding carboxylic acids is 1. The molecule has 0 aromatic rings. The molecule has 2 atom stereocenters. The molecule has 0 saturated carbocycles. The van der Waals surface area contributed by atoms with E-state index in [2.05, 4.69) is 0 Å². The van der Waals surface area contributed by atoms with Gasteiger partial charge in [-0.1, -0.05) is 0 Å². The fourth-order valence-corrected chi connectivity index (χ4v) is 1.91. The van der Waals surface area contributed by atoms with Crippen LogP contribution in [-0.2, 0) is 9.47 Å². The number of epoxide rings is 1. The molecule has 4 nitrogen and oxygen atoms in total. The van der Waals surface area contributed by atoms with E-state index >= 15 is 0 Å². The van der Waals surface area contributed by atoms with Crippen molar-refractivity contribution < 1.29 is 14.3 Å². The third-order valence-corrected chi connectivity index (χ3v) is 2.76. The van der Waals surface area contributed by atoms with Gasteiger partial charge in [0.05, 0.1) is 12.7 Å². The van der Waals surface area contributed by atoms with Crippen LogP contribution in [0.4, 0.5) is 4.79 Å². The Morgan fingerprint density at radius 1 is 1.47 bits per heavy atom. The fraction of sp³-hybridized carbons (Fsp3) is 0.909. The van der Waals surface area contributed by atoms with Crippen molar-refractivity contribution in [2.45, 2.75) is 38.9 Å². The molecule has 15 heavy (non-hydrogen) atoms. The molecule has 0 spiro atoms. The van der Waals surface area contributed by atoms with Gasteiger partial charge in [0.1, 0.15) is 5.60 Å². The zero-order chi connectivity index (χ0) is 11.1. The standard InChI is InChI=1S/C11H19NO3/c1-11(2,3)15-10(13)12-5-4-8(6-12)9-7-14-9/h8-9H,4-7H2,1-3H3/t8-,9?/m1/s1. The van der Waals surface area contributed by atoms with Crippen LogP contribution in [0, 0.1) is 5.92 Å². The molecular weight excluding hydrogens is 194 g/mol. The minimum atomic E-state index is -0.398. The lowest BCUT2D eigenvalue weighted by Gasteiger charge is -2.24. The van der Waals surface area contributed by atoms with Crippen molar-refractivity contribution in [3.63, 3.8) is 0 Å². The predicted octanol–water partition coefficient (Wildman–Crippen LogP) is 1.64. The maximum atomic E-state index is 11.7. The van der Waals surface area contributed by atoms with E-state index in [0.717, 1.165) is 26.1 Å². The van der Waals surface area contributed by atoms with Gasteiger partial charge in [0.15, 0.2) is 0 Å². The Balaban J connectivity index is 1.82. The Labute approximate surface area is 90.5 Å². The molecule has 2 aliphatic heterocycles. The number of hydrogen-bond donors (Lipinski definition) is 0. The van der Waals surface area contributed by atoms with Gasteiger partial charge in [0.2, 0.25) is 0 Å². The van der Waals surface area contributed by atoms with Crippen molar-refractivity contribution >= 4 is 6.09 Å². The second kappa shape index (κ2) is 3.67. The Kier molecular flexibility index (Phi) is 2.63. The van der Waals surface area contributed by atoms with Crippen molar-refractivity contribution in [3.8, 4) is 0 Å². The SMILES string of the molecule is CC(C)(C)OC(=O)N1CC[C@@H](C2CO2)C1. The number of rotatable bonds is 1. The first-order chi connectivity index (χ1) is 6.96. The molecule has 2 rings (SSSR count). The molecule has 0 aliphatic carbocycles. The minimum Gasteiger partial charge on any atom is -0.444 e. The Morgan fingerprint density at radius 3 is 2.67 bits per heavy atom. The van der Waals surface area contributed by atoms with E-state index in [9.17, 15) is 4.79 Å². The number of hydrogen-bond acceptors (Lipinski definition) is 3. The molecule has 0 radical (unpaired) electrons. The van der Waals surface area contributed by atoms with Gasteiger partial charge in [-0.2, -0.15) is 0 Å². The average molecular weight is 213 g/mol. The molecule has 2 saturated heterocycles. The summed E-state index contributed by atoms with van der Waals surface area (Å²) in [5, 5.41) is 0. The first kappa shape index (κ1) is 10.7. The van der Waals surface area contributed by atoms with E-state index < -0.39 is 5.60 Å². The topological polar surface area (TPSA) is 42.1 Å². The summed E-state index contributed by atoms with van der Waals surface area (Å²) in [5.41, 5.74) is -0.398. The van der Waals surface area contributed by atoms with Gasteiger partial charge < -0.3 is 14.4 Å². The monoisotopic (exact) mass is 213 g/mol. The van der Waals surface area contributed by atoms with Crippen LogP contribution < -0.4 is 0 Å². The minimum absolute atomic E-state index is 0.189. The molecule has 86 valence electrons. The number of amides is 1. The summed E-state index contributed by atoms with van der Waals surface area (Å²) in [6, 6.07) is 0. The van der Waals surface area contributed by atoms with Crippen LogP contribution in [0.1, 0.15) is 27.2 Å². The number of ether oxygens (including phenoxy) is 2. The Morgan fingerprint density at radius 2 is 2.13 bits per heavy atom. The van der Waals surface area contributed by atoms with E-state index in [1.165, 1.54) is 0 Å². The first-order valence-corrected chi connectivity index (χ1v) is 5.55. The van der Waals surface area contributed by atoms with Gasteiger partial charge in [-0.15, -0.1) is 0 Å². The molecule has 2 aliphatic rings. The molecule has 2 heterocycles. The van der Waals surface area contributed by atoms with E-state index in [1.54, 1.807) is 4.90 Å². The Hall–Kier alpha value is -0.770. The second-order valence-corrected chi connectivity index (χ2v) is 5.35. The third-order valence-electron chi connectivity index (χ3n) is 2.76. The highest BCUT2D eigenvalue weighted by atomic mass is 16.6. The van der Waals surface area contributed by atoms with E-state index in [4.69, 9.17) is 9.47 Å². The zero-order valence-corrected chi connectivity index (χ0v) is 9.66. The van der Waals surface area contributed by atoms with Crippen molar-refractivity contribution in [3.05, 3.63) is 0 Å². The lowest BCUT2D eigenvalue weighted by molar-refractivity contribution is 0.0286. The molecule has 1 amide bonds. The maximum absolute atomic E-state index is 11.7. The van der Waals surface area contributed by atoms with Crippen LogP contribution in [-0.4, -0.2) is 42.4 Å². The van der Waals surface area contributed by atoms with Gasteiger partial charge in [-0.3, -0.25) is 0 Å². The van der Waals surface area contributed by atoms with E-state index in [0.29, 0.717) is 12.0 Å². The lowest BCUT2D eigenvalue weighted by atomic mass is 10.1. The molecular formula is C11H19NO3. The van der Waals surface area contributed by atoms with Crippen molar-refractivity contribution in [2.24, 2.45) is 5.92 Å². The van der Waals surface area contributed by atoms with Crippen molar-refractivity contribution in [2.75, 3.05) is 19.7 Å². The quantitative estimate of drug-likeness (QED) is 0.622. The lowest BCUT2D eigenvalue weighted by Crippen LogP contribution is -2.35. The summed E-state index contributed by atoms with van der Waals surface area (Å²) in [5.74, 6) is 0.525. The average Bonchev–Trinajstić information content (AvgIpc) is 2.81. The fourth-order valence-electron chi connectivity index (χ4n) is 1.91. The van der Waals surface area contributed by atoms with E-state index in [-0.39, 0.29) is 6.09 Å². The molecule has 0 N–H and O–H groups in total. The zero-order valence-electron chi connectivity index (χ0n) is 9.66. The van der Waals surface area contributed by atoms with Crippen molar-refractivity contribution in [1.29, 1.82) is 0 Å². The smallest absolute Gasteiger partial charge is 0.410 e. The highest BCUT2D eigenvalue weighted by molar-refractivity contribution is 5.68. The molecule has 0 bridgehead atoms. The summed E-state index contributed by atoms with van der Waals surface area (Å²) in [6.45, 7) is 8.14. The van der Waals surface area contributed by atoms with Crippen LogP contribution in [0.15, 0.2) is 0 Å². The summed E-state index contributed by atoms with van der Waals surface area (Å²) < 4.78 is 10.6. The molecule has 4 heteroatoms. The summed E-state index contributed by atoms with van der Waals surface area (Å²) in [4.78, 5) is 13.5. The first-order valence-electron chi connectivity index (χ1n) is 5.55. The largest absolute Gasteiger partial charge is 0.444 e. The molecule has 0 aromatic carbocycles. The molecule has 2 fully saturated rings. The molecule has 1 unspecified atom stereocenters. The second-order valence-electron chi connectivity index (χ2n) is 5.35. The summed E-state index contributed by atoms with van der Waals surface area (Å²) >= 11 is 0. The van der Waals surface area contributed by atoms with Gasteiger partial charge in [0.25, 0.3) is 0 Å². The van der Waals surface area contributed by atoms with Crippen LogP contribution in [0.3, 0.4) is 0 Å². The highest BCUT2D eigenvalue weighted by Crippen LogP contribution is 2.29. The third kappa shape index (κ3) is 2.84. The summed E-state index contributed by atoms with van der Waals surface area (Å²) in [7, 11) is 0. The normalized spacial score (nSPS) is 30.5. The number of nitrogens with zero attached hydrogens (tertiary/aromatic N) is 1. The van der Waals surface area contributed by atoms with Crippen LogP contribution >= 0.6 is 0 Å². The maximum Gasteiger partial charge on any atom is 0.410 e. The highest BCUT2D eigenvalue weighted by Gasteiger charge is 2.39. The van der Waals surface area contributed by atoms with Gasteiger partial charge in [-0.05, 0) is 27.2 Å². The number of likely N-dealkylation sites (tertiary alicyclic amines) is 1. The Bertz CT molecular complexity index is 255. The van der Waals surface area contributed by atoms with Crippen LogP contribution in [0.2, 0.25) is 0 Å².